The molecule has 0 bridgehead atoms. The number of benzene rings is 2. The molecular formula is C20H15F4NS. The van der Waals surface area contributed by atoms with E-state index in [1.54, 1.807) is 5.40 Å². The first kappa shape index (κ1) is 19.9. The van der Waals surface area contributed by atoms with Gasteiger partial charge >= 0.3 is 0 Å². The van der Waals surface area contributed by atoms with Crippen molar-refractivity contribution in [3.63, 3.8) is 0 Å². The van der Waals surface area contributed by atoms with E-state index in [0.29, 0.717) is 24.6 Å². The second kappa shape index (κ2) is 9.31. The highest BCUT2D eigenvalue weighted by molar-refractivity contribution is 8.03. The van der Waals surface area contributed by atoms with Gasteiger partial charge in [-0.05, 0) is 48.9 Å². The average Bonchev–Trinajstić information content (AvgIpc) is 2.59. The Bertz CT molecular complexity index is 860. The van der Waals surface area contributed by atoms with Crippen molar-refractivity contribution < 1.29 is 17.6 Å². The van der Waals surface area contributed by atoms with Crippen molar-refractivity contribution >= 4 is 11.8 Å². The molecule has 6 heteroatoms. The fourth-order valence-corrected chi connectivity index (χ4v) is 2.79. The zero-order chi connectivity index (χ0) is 19.1. The Labute approximate surface area is 154 Å². The fourth-order valence-electron chi connectivity index (χ4n) is 2.39. The van der Waals surface area contributed by atoms with Crippen LogP contribution < -0.4 is 0 Å². The van der Waals surface area contributed by atoms with Crippen molar-refractivity contribution in [3.8, 4) is 17.2 Å². The molecule has 0 atom stereocenters. The van der Waals surface area contributed by atoms with Crippen LogP contribution in [0.15, 0.2) is 29.2 Å². The Morgan fingerprint density at radius 1 is 0.846 bits per heavy atom. The highest BCUT2D eigenvalue weighted by Crippen LogP contribution is 2.25. The first-order chi connectivity index (χ1) is 12.5. The highest BCUT2D eigenvalue weighted by atomic mass is 32.2. The Morgan fingerprint density at radius 3 is 1.81 bits per heavy atom. The van der Waals surface area contributed by atoms with E-state index in [4.69, 9.17) is 5.26 Å². The maximum atomic E-state index is 14.1. The molecule has 2 aromatic carbocycles. The molecule has 1 nitrogen and oxygen atoms in total. The second-order valence-electron chi connectivity index (χ2n) is 5.59. The van der Waals surface area contributed by atoms with E-state index < -0.39 is 28.2 Å². The quantitative estimate of drug-likeness (QED) is 0.211. The van der Waals surface area contributed by atoms with Crippen LogP contribution in [0, 0.1) is 45.8 Å². The molecule has 2 aromatic rings. The van der Waals surface area contributed by atoms with Crippen molar-refractivity contribution in [2.45, 2.75) is 37.5 Å². The molecule has 2 rings (SSSR count). The number of rotatable bonds is 5. The molecule has 134 valence electrons. The number of thioether (sulfide) groups is 1. The van der Waals surface area contributed by atoms with Gasteiger partial charge < -0.3 is 0 Å². The van der Waals surface area contributed by atoms with Crippen molar-refractivity contribution in [3.05, 3.63) is 64.2 Å². The SMILES string of the molecule is CCCCCc1c(F)cc(C#Cc2cc(F)c(SC#N)c(F)c2)cc1F. The van der Waals surface area contributed by atoms with E-state index in [-0.39, 0.29) is 16.7 Å². The van der Waals surface area contributed by atoms with E-state index in [1.165, 1.54) is 0 Å². The van der Waals surface area contributed by atoms with Crippen LogP contribution in [0.25, 0.3) is 0 Å². The summed E-state index contributed by atoms with van der Waals surface area (Å²) >= 11 is 0.373. The molecule has 0 aliphatic rings. The van der Waals surface area contributed by atoms with Crippen LogP contribution in [0.2, 0.25) is 0 Å². The molecule has 0 fully saturated rings. The molecule has 0 aliphatic carbocycles. The summed E-state index contributed by atoms with van der Waals surface area (Å²) in [4.78, 5) is -0.411. The maximum Gasteiger partial charge on any atom is 0.142 e. The lowest BCUT2D eigenvalue weighted by Gasteiger charge is -2.05. The van der Waals surface area contributed by atoms with Gasteiger partial charge in [-0.2, -0.15) is 5.26 Å². The Balaban J connectivity index is 2.26. The van der Waals surface area contributed by atoms with Crippen LogP contribution in [0.1, 0.15) is 42.9 Å². The predicted molar refractivity (Wildman–Crippen MR) is 93.4 cm³/mol. The van der Waals surface area contributed by atoms with Crippen molar-refractivity contribution in [1.82, 2.24) is 0 Å². The first-order valence-corrected chi connectivity index (χ1v) is 8.82. The maximum absolute atomic E-state index is 14.1. The van der Waals surface area contributed by atoms with Crippen LogP contribution in [0.3, 0.4) is 0 Å². The van der Waals surface area contributed by atoms with Gasteiger partial charge in [-0.3, -0.25) is 0 Å². The summed E-state index contributed by atoms with van der Waals surface area (Å²) in [5, 5.41) is 10.1. The monoisotopic (exact) mass is 377 g/mol. The van der Waals surface area contributed by atoms with E-state index in [2.05, 4.69) is 11.8 Å². The van der Waals surface area contributed by atoms with Crippen molar-refractivity contribution in [1.29, 1.82) is 5.26 Å². The Hall–Kier alpha value is -2.44. The normalized spacial score (nSPS) is 10.2. The fraction of sp³-hybridized carbons (Fsp3) is 0.250. The summed E-state index contributed by atoms with van der Waals surface area (Å²) in [5.74, 6) is 1.81. The molecule has 0 amide bonds. The zero-order valence-electron chi connectivity index (χ0n) is 14.0. The molecule has 26 heavy (non-hydrogen) atoms. The topological polar surface area (TPSA) is 23.8 Å². The molecule has 0 saturated heterocycles. The highest BCUT2D eigenvalue weighted by Gasteiger charge is 2.12. The van der Waals surface area contributed by atoms with Crippen LogP contribution in [-0.2, 0) is 6.42 Å². The summed E-state index contributed by atoms with van der Waals surface area (Å²) in [6, 6.07) is 4.18. The van der Waals surface area contributed by atoms with Crippen LogP contribution >= 0.6 is 11.8 Å². The molecule has 0 spiro atoms. The molecule has 0 unspecified atom stereocenters. The van der Waals surface area contributed by atoms with Gasteiger partial charge in [-0.15, -0.1) is 0 Å². The third-order valence-electron chi connectivity index (χ3n) is 3.67. The first-order valence-electron chi connectivity index (χ1n) is 8.01. The number of hydrogen-bond acceptors (Lipinski definition) is 2. The van der Waals surface area contributed by atoms with Crippen molar-refractivity contribution in [2.24, 2.45) is 0 Å². The van der Waals surface area contributed by atoms with Gasteiger partial charge in [0.05, 0.1) is 4.90 Å². The van der Waals surface area contributed by atoms with E-state index in [1.807, 2.05) is 6.92 Å². The largest absolute Gasteiger partial charge is 0.207 e. The third kappa shape index (κ3) is 5.03. The summed E-state index contributed by atoms with van der Waals surface area (Å²) in [5.41, 5.74) is 0.115. The van der Waals surface area contributed by atoms with Gasteiger partial charge in [0.2, 0.25) is 0 Å². The number of nitrogens with zero attached hydrogens (tertiary/aromatic N) is 1. The van der Waals surface area contributed by atoms with Gasteiger partial charge in [0.1, 0.15) is 28.7 Å². The second-order valence-corrected chi connectivity index (χ2v) is 6.38. The van der Waals surface area contributed by atoms with Gasteiger partial charge in [0, 0.05) is 16.7 Å². The zero-order valence-corrected chi connectivity index (χ0v) is 14.8. The Kier molecular flexibility index (Phi) is 7.12. The number of thiocyanates is 1. The molecule has 0 aromatic heterocycles. The number of unbranched alkanes of at least 4 members (excludes halogenated alkanes) is 2. The summed E-state index contributed by atoms with van der Waals surface area (Å²) in [7, 11) is 0. The third-order valence-corrected chi connectivity index (χ3v) is 4.35. The van der Waals surface area contributed by atoms with Crippen molar-refractivity contribution in [2.75, 3.05) is 0 Å². The number of hydrogen-bond donors (Lipinski definition) is 0. The molecule has 0 saturated carbocycles. The van der Waals surface area contributed by atoms with Gasteiger partial charge in [-0.1, -0.05) is 31.6 Å². The summed E-state index contributed by atoms with van der Waals surface area (Å²) in [6.07, 6.45) is 2.85. The number of nitriles is 1. The van der Waals surface area contributed by atoms with E-state index >= 15 is 0 Å². The summed E-state index contributed by atoms with van der Waals surface area (Å²) < 4.78 is 55.6. The molecule has 0 aliphatic heterocycles. The van der Waals surface area contributed by atoms with Crippen LogP contribution in [0.5, 0.6) is 0 Å². The Morgan fingerprint density at radius 2 is 1.35 bits per heavy atom. The molecular weight excluding hydrogens is 362 g/mol. The smallest absolute Gasteiger partial charge is 0.142 e. The lowest BCUT2D eigenvalue weighted by molar-refractivity contribution is 0.540. The summed E-state index contributed by atoms with van der Waals surface area (Å²) in [6.45, 7) is 2.00. The minimum Gasteiger partial charge on any atom is -0.207 e. The van der Waals surface area contributed by atoms with Gasteiger partial charge in [0.15, 0.2) is 0 Å². The minimum atomic E-state index is -0.913. The average molecular weight is 377 g/mol. The molecule has 0 N–H and O–H groups in total. The minimum absolute atomic E-state index is 0.00938. The lowest BCUT2D eigenvalue weighted by Crippen LogP contribution is -1.97. The van der Waals surface area contributed by atoms with E-state index in [0.717, 1.165) is 37.1 Å². The predicted octanol–water partition coefficient (Wildman–Crippen LogP) is 5.95. The van der Waals surface area contributed by atoms with E-state index in [9.17, 15) is 17.6 Å². The standard InChI is InChI=1S/C20H15F4NS/c1-2-3-4-5-15-16(21)8-13(9-17(15)22)6-7-14-10-18(23)20(26-12-25)19(24)11-14/h8-11H,2-5H2,1H3. The van der Waals surface area contributed by atoms with Gasteiger partial charge in [-0.25, -0.2) is 17.6 Å². The van der Waals surface area contributed by atoms with Gasteiger partial charge in [0.25, 0.3) is 0 Å². The lowest BCUT2D eigenvalue weighted by atomic mass is 10.0. The van der Waals surface area contributed by atoms with Crippen LogP contribution in [-0.4, -0.2) is 0 Å². The molecule has 0 heterocycles. The van der Waals surface area contributed by atoms with Crippen LogP contribution in [0.4, 0.5) is 17.6 Å². The number of halogens is 4. The molecule has 0 radical (unpaired) electrons.